The van der Waals surface area contributed by atoms with Crippen molar-refractivity contribution in [1.29, 1.82) is 0 Å². The summed E-state index contributed by atoms with van der Waals surface area (Å²) in [5.74, 6) is 0.664. The molecule has 2 amide bonds. The Balaban J connectivity index is 1.68. The van der Waals surface area contributed by atoms with Crippen LogP contribution in [0.3, 0.4) is 0 Å². The number of carbonyl (C=O) groups is 2. The maximum absolute atomic E-state index is 12.5. The van der Waals surface area contributed by atoms with Crippen LogP contribution in [0.5, 0.6) is 0 Å². The summed E-state index contributed by atoms with van der Waals surface area (Å²) in [4.78, 5) is 25.0. The molecule has 4 nitrogen and oxygen atoms in total. The van der Waals surface area contributed by atoms with E-state index in [9.17, 15) is 9.59 Å². The predicted molar refractivity (Wildman–Crippen MR) is 219 cm³/mol. The van der Waals surface area contributed by atoms with Crippen molar-refractivity contribution in [3.63, 3.8) is 0 Å². The Kier molecular flexibility index (Phi) is 11.6. The first-order valence-corrected chi connectivity index (χ1v) is 29.4. The van der Waals surface area contributed by atoms with Gasteiger partial charge in [-0.3, -0.25) is 0 Å². The SMILES string of the molecule is CCCC1=Cc2c(-c3ccccc3C(C)C)cccc2[CH]1[Zr]([Cl])([Cl])([B](NC=O)NC=O)[CH]1C(CCC)=Cc2c(-c3ccccc3C(C)C)cccc21. The van der Waals surface area contributed by atoms with Gasteiger partial charge in [0.15, 0.2) is 0 Å². The van der Waals surface area contributed by atoms with E-state index in [2.05, 4.69) is 149 Å². The van der Waals surface area contributed by atoms with E-state index in [-0.39, 0.29) is 7.25 Å². The normalized spacial score (nSPS) is 17.2. The Morgan fingerprint density at radius 1 is 0.615 bits per heavy atom. The monoisotopic (exact) mass is 809 g/mol. The molecule has 0 aliphatic heterocycles. The molecule has 8 heteroatoms. The fourth-order valence-electron chi connectivity index (χ4n) is 9.21. The van der Waals surface area contributed by atoms with Crippen LogP contribution >= 0.6 is 17.0 Å². The van der Waals surface area contributed by atoms with Crippen molar-refractivity contribution < 1.29 is 25.8 Å². The molecule has 2 aliphatic rings. The molecule has 4 aromatic rings. The number of allylic oxidation sites excluding steroid dienone is 2. The summed E-state index contributed by atoms with van der Waals surface area (Å²) in [6.07, 6.45) is 9.30. The van der Waals surface area contributed by atoms with E-state index in [1.54, 1.807) is 0 Å². The molecular formula is C44H50BCl2N2O2Zr. The molecule has 0 aromatic heterocycles. The van der Waals surface area contributed by atoms with Gasteiger partial charge in [-0.2, -0.15) is 0 Å². The minimum atomic E-state index is -5.85. The summed E-state index contributed by atoms with van der Waals surface area (Å²) in [5.41, 5.74) is 14.0. The van der Waals surface area contributed by atoms with Crippen LogP contribution in [-0.4, -0.2) is 17.3 Å². The Hall–Kier alpha value is -3.17. The maximum atomic E-state index is 12.5. The van der Waals surface area contributed by atoms with E-state index in [0.29, 0.717) is 24.7 Å². The molecule has 2 unspecified atom stereocenters. The van der Waals surface area contributed by atoms with Crippen molar-refractivity contribution in [3.05, 3.63) is 129 Å². The van der Waals surface area contributed by atoms with Gasteiger partial charge in [-0.1, -0.05) is 0 Å². The summed E-state index contributed by atoms with van der Waals surface area (Å²) in [6.45, 7) is 13.3. The van der Waals surface area contributed by atoms with E-state index in [1.807, 2.05) is 0 Å². The van der Waals surface area contributed by atoms with Crippen molar-refractivity contribution >= 4 is 46.5 Å². The molecule has 52 heavy (non-hydrogen) atoms. The Labute approximate surface area is 318 Å². The van der Waals surface area contributed by atoms with E-state index in [0.717, 1.165) is 59.1 Å². The predicted octanol–water partition coefficient (Wildman–Crippen LogP) is 11.9. The van der Waals surface area contributed by atoms with E-state index in [4.69, 9.17) is 17.0 Å². The van der Waals surface area contributed by atoms with Gasteiger partial charge >= 0.3 is 321 Å². The molecule has 6 rings (SSSR count). The second-order valence-electron chi connectivity index (χ2n) is 15.1. The van der Waals surface area contributed by atoms with Crippen LogP contribution in [0.4, 0.5) is 0 Å². The number of nitrogens with one attached hydrogen (secondary N) is 2. The summed E-state index contributed by atoms with van der Waals surface area (Å²) in [7, 11) is 17.3. The number of amides is 2. The number of halogens is 2. The minimum absolute atomic E-state index is 0.332. The van der Waals surface area contributed by atoms with Gasteiger partial charge in [-0.05, 0) is 0 Å². The standard InChI is InChI=1S/2C21H23.C2H3BN2O2.2ClH.Zr/c2*1-4-8-16-13-17-9-7-12-20(21(17)14-16)19-11-6-5-10-18(19)15(2)3;6-1-4-3-5-2-7;;;/h2*5-7,9-15H,4,8H2,1-3H3;1-2H,(H-,4,5,6,7);2*1H;/q;;;;;+1/p-1. The van der Waals surface area contributed by atoms with Crippen LogP contribution < -0.4 is 10.5 Å². The first-order chi connectivity index (χ1) is 25.0. The van der Waals surface area contributed by atoms with Gasteiger partial charge in [0.2, 0.25) is 0 Å². The number of hydrogen-bond acceptors (Lipinski definition) is 2. The van der Waals surface area contributed by atoms with Crippen LogP contribution in [0, 0.1) is 0 Å². The molecule has 2 atom stereocenters. The van der Waals surface area contributed by atoms with Gasteiger partial charge in [0.1, 0.15) is 0 Å². The second-order valence-corrected chi connectivity index (χ2v) is 36.5. The summed E-state index contributed by atoms with van der Waals surface area (Å²) >= 11 is -5.85. The number of carbonyl (C=O) groups excluding carboxylic acids is 2. The van der Waals surface area contributed by atoms with Crippen LogP contribution in [0.25, 0.3) is 34.4 Å². The zero-order valence-electron chi connectivity index (χ0n) is 31.2. The fraction of sp³-hybridized carbons (Fsp3) is 0.318. The van der Waals surface area contributed by atoms with Gasteiger partial charge < -0.3 is 0 Å². The van der Waals surface area contributed by atoms with Gasteiger partial charge in [-0.15, -0.1) is 0 Å². The third-order valence-corrected chi connectivity index (χ3v) is 31.3. The summed E-state index contributed by atoms with van der Waals surface area (Å²) in [5, 5.41) is 6.00. The third-order valence-electron chi connectivity index (χ3n) is 11.3. The molecule has 0 radical (unpaired) electrons. The van der Waals surface area contributed by atoms with E-state index >= 15 is 0 Å². The van der Waals surface area contributed by atoms with Crippen LogP contribution in [0.1, 0.15) is 120 Å². The van der Waals surface area contributed by atoms with Crippen LogP contribution in [0.15, 0.2) is 96.1 Å². The molecule has 0 saturated carbocycles. The average molecular weight is 812 g/mol. The van der Waals surface area contributed by atoms with Gasteiger partial charge in [-0.25, -0.2) is 0 Å². The zero-order valence-corrected chi connectivity index (χ0v) is 35.1. The van der Waals surface area contributed by atoms with Gasteiger partial charge in [0, 0.05) is 0 Å². The quantitative estimate of drug-likeness (QED) is 0.0928. The zero-order chi connectivity index (χ0) is 37.2. The molecule has 0 spiro atoms. The van der Waals surface area contributed by atoms with Gasteiger partial charge in [0.25, 0.3) is 0 Å². The van der Waals surface area contributed by atoms with Crippen LogP contribution in [-0.2, 0) is 25.8 Å². The van der Waals surface area contributed by atoms with Crippen LogP contribution in [0.2, 0.25) is 0 Å². The topological polar surface area (TPSA) is 58.2 Å². The number of hydrogen-bond donors (Lipinski definition) is 2. The summed E-state index contributed by atoms with van der Waals surface area (Å²) in [6, 6.07) is 30.2. The average Bonchev–Trinajstić information content (AvgIpc) is 3.71. The van der Waals surface area contributed by atoms with Crippen molar-refractivity contribution in [2.75, 3.05) is 0 Å². The van der Waals surface area contributed by atoms with E-state index in [1.165, 1.54) is 33.4 Å². The molecule has 2 N–H and O–H groups in total. The Bertz CT molecular complexity index is 1910. The first-order valence-electron chi connectivity index (χ1n) is 18.8. The summed E-state index contributed by atoms with van der Waals surface area (Å²) < 4.78 is -1.69. The van der Waals surface area contributed by atoms with Crippen molar-refractivity contribution in [2.24, 2.45) is 0 Å². The Morgan fingerprint density at radius 3 is 1.37 bits per heavy atom. The molecule has 2 aliphatic carbocycles. The second kappa shape index (κ2) is 15.7. The molecule has 4 aromatic carbocycles. The van der Waals surface area contributed by atoms with Gasteiger partial charge in [0.05, 0.1) is 0 Å². The molecule has 0 saturated heterocycles. The fourth-order valence-corrected chi connectivity index (χ4v) is 29.9. The molecule has 0 heterocycles. The number of benzene rings is 4. The number of rotatable bonds is 15. The first kappa shape index (κ1) is 38.5. The van der Waals surface area contributed by atoms with Crippen molar-refractivity contribution in [2.45, 2.75) is 86.3 Å². The van der Waals surface area contributed by atoms with Crippen molar-refractivity contribution in [3.8, 4) is 22.3 Å². The van der Waals surface area contributed by atoms with Crippen molar-refractivity contribution in [1.82, 2.24) is 10.5 Å². The molecule has 0 fully saturated rings. The van der Waals surface area contributed by atoms with E-state index < -0.39 is 20.7 Å². The molecule has 0 bridgehead atoms. The molecular weight excluding hydrogens is 761 g/mol. The third kappa shape index (κ3) is 6.52. The molecule has 269 valence electrons. The number of fused-ring (bicyclic) bond motifs is 2. The Morgan fingerprint density at radius 2 is 1.00 bits per heavy atom.